The summed E-state index contributed by atoms with van der Waals surface area (Å²) in [4.78, 5) is 13.9. The molecule has 7 heteroatoms. The largest absolute Gasteiger partial charge is 0.416 e. The normalized spacial score (nSPS) is 20.0. The first-order chi connectivity index (χ1) is 11.3. The summed E-state index contributed by atoms with van der Waals surface area (Å²) in [6.07, 6.45) is -3.97. The lowest BCUT2D eigenvalue weighted by Crippen LogP contribution is -2.42. The van der Waals surface area contributed by atoms with Crippen molar-refractivity contribution in [3.8, 4) is 0 Å². The highest BCUT2D eigenvalue weighted by Crippen LogP contribution is 2.32. The van der Waals surface area contributed by atoms with Crippen molar-refractivity contribution in [3.63, 3.8) is 0 Å². The third-order valence-corrected chi connectivity index (χ3v) is 4.17. The minimum absolute atomic E-state index is 0.00532. The van der Waals surface area contributed by atoms with Crippen LogP contribution in [-0.4, -0.2) is 43.7 Å². The first-order valence-corrected chi connectivity index (χ1v) is 7.90. The third kappa shape index (κ3) is 4.95. The predicted molar refractivity (Wildman–Crippen MR) is 82.4 cm³/mol. The molecule has 0 aliphatic carbocycles. The maximum atomic E-state index is 12.8. The first kappa shape index (κ1) is 18.7. The topological polar surface area (TPSA) is 38.8 Å². The molecular weight excluding hydrogens is 323 g/mol. The standard InChI is InChI=1S/C17H22F3NO3/c1-12(23-2)6-7-16(22)21-8-9-24-15(11-21)13-4-3-5-14(10-13)17(18,19)20/h3-5,10,12,15H,6-9,11H2,1-2H3. The zero-order valence-electron chi connectivity index (χ0n) is 13.8. The van der Waals surface area contributed by atoms with Crippen LogP contribution in [0.25, 0.3) is 0 Å². The fraction of sp³-hybridized carbons (Fsp3) is 0.588. The second-order valence-corrected chi connectivity index (χ2v) is 5.91. The molecule has 1 fully saturated rings. The van der Waals surface area contributed by atoms with E-state index in [0.717, 1.165) is 12.1 Å². The number of benzene rings is 1. The van der Waals surface area contributed by atoms with Gasteiger partial charge < -0.3 is 14.4 Å². The number of alkyl halides is 3. The molecule has 0 radical (unpaired) electrons. The Morgan fingerprint density at radius 3 is 2.88 bits per heavy atom. The monoisotopic (exact) mass is 345 g/mol. The first-order valence-electron chi connectivity index (χ1n) is 7.90. The molecule has 0 N–H and O–H groups in total. The highest BCUT2D eigenvalue weighted by molar-refractivity contribution is 5.76. The summed E-state index contributed by atoms with van der Waals surface area (Å²) in [6.45, 7) is 2.92. The van der Waals surface area contributed by atoms with Gasteiger partial charge in [0.15, 0.2) is 0 Å². The summed E-state index contributed by atoms with van der Waals surface area (Å²) in [5.41, 5.74) is -0.270. The maximum Gasteiger partial charge on any atom is 0.416 e. The molecular formula is C17H22F3NO3. The average Bonchev–Trinajstić information content (AvgIpc) is 2.58. The second-order valence-electron chi connectivity index (χ2n) is 5.91. The van der Waals surface area contributed by atoms with Gasteiger partial charge in [0.1, 0.15) is 6.10 Å². The lowest BCUT2D eigenvalue weighted by Gasteiger charge is -2.33. The molecule has 1 aromatic rings. The van der Waals surface area contributed by atoms with Gasteiger partial charge in [-0.15, -0.1) is 0 Å². The number of methoxy groups -OCH3 is 1. The van der Waals surface area contributed by atoms with Crippen molar-refractivity contribution in [3.05, 3.63) is 35.4 Å². The van der Waals surface area contributed by atoms with E-state index < -0.39 is 17.8 Å². The molecule has 0 saturated carbocycles. The fourth-order valence-corrected chi connectivity index (χ4v) is 2.60. The van der Waals surface area contributed by atoms with Gasteiger partial charge in [-0.1, -0.05) is 12.1 Å². The summed E-state index contributed by atoms with van der Waals surface area (Å²) in [7, 11) is 1.59. The van der Waals surface area contributed by atoms with Crippen molar-refractivity contribution in [2.24, 2.45) is 0 Å². The van der Waals surface area contributed by atoms with Crippen molar-refractivity contribution in [1.29, 1.82) is 0 Å². The van der Waals surface area contributed by atoms with Gasteiger partial charge in [-0.2, -0.15) is 13.2 Å². The highest BCUT2D eigenvalue weighted by atomic mass is 19.4. The number of hydrogen-bond donors (Lipinski definition) is 0. The van der Waals surface area contributed by atoms with E-state index in [2.05, 4.69) is 0 Å². The molecule has 0 bridgehead atoms. The SMILES string of the molecule is COC(C)CCC(=O)N1CCOC(c2cccc(C(F)(F)F)c2)C1. The number of ether oxygens (including phenoxy) is 2. The van der Waals surface area contributed by atoms with Gasteiger partial charge in [0.05, 0.1) is 24.8 Å². The average molecular weight is 345 g/mol. The quantitative estimate of drug-likeness (QED) is 0.821. The van der Waals surface area contributed by atoms with Gasteiger partial charge in [0.2, 0.25) is 5.91 Å². The van der Waals surface area contributed by atoms with E-state index in [-0.39, 0.29) is 18.6 Å². The van der Waals surface area contributed by atoms with Crippen LogP contribution in [0.15, 0.2) is 24.3 Å². The van der Waals surface area contributed by atoms with Crippen molar-refractivity contribution < 1.29 is 27.4 Å². The van der Waals surface area contributed by atoms with Crippen LogP contribution in [-0.2, 0) is 20.4 Å². The number of rotatable bonds is 5. The van der Waals surface area contributed by atoms with E-state index in [1.165, 1.54) is 6.07 Å². The van der Waals surface area contributed by atoms with E-state index in [4.69, 9.17) is 9.47 Å². The van der Waals surface area contributed by atoms with Gasteiger partial charge in [-0.25, -0.2) is 0 Å². The minimum atomic E-state index is -4.39. The number of carbonyl (C=O) groups is 1. The molecule has 2 unspecified atom stereocenters. The third-order valence-electron chi connectivity index (χ3n) is 4.17. The smallest absolute Gasteiger partial charge is 0.382 e. The number of nitrogens with zero attached hydrogens (tertiary/aromatic N) is 1. The molecule has 4 nitrogen and oxygen atoms in total. The minimum Gasteiger partial charge on any atom is -0.382 e. The zero-order chi connectivity index (χ0) is 17.7. The molecule has 1 saturated heterocycles. The lowest BCUT2D eigenvalue weighted by molar-refractivity contribution is -0.140. The van der Waals surface area contributed by atoms with Crippen LogP contribution in [0.4, 0.5) is 13.2 Å². The second kappa shape index (κ2) is 7.98. The van der Waals surface area contributed by atoms with Gasteiger partial charge >= 0.3 is 6.18 Å². The summed E-state index contributed by atoms with van der Waals surface area (Å²) in [5, 5.41) is 0. The Bertz CT molecular complexity index is 562. The van der Waals surface area contributed by atoms with E-state index in [1.54, 1.807) is 18.1 Å². The van der Waals surface area contributed by atoms with Crippen LogP contribution in [0.1, 0.15) is 37.0 Å². The van der Waals surface area contributed by atoms with Gasteiger partial charge in [0, 0.05) is 20.1 Å². The Labute approximate surface area is 139 Å². The van der Waals surface area contributed by atoms with Crippen LogP contribution in [0, 0.1) is 0 Å². The Morgan fingerprint density at radius 1 is 1.46 bits per heavy atom. The van der Waals surface area contributed by atoms with Crippen molar-refractivity contribution in [2.45, 2.75) is 38.1 Å². The molecule has 0 spiro atoms. The molecule has 1 aliphatic heterocycles. The molecule has 1 amide bonds. The maximum absolute atomic E-state index is 12.8. The van der Waals surface area contributed by atoms with Gasteiger partial charge in [-0.3, -0.25) is 4.79 Å². The highest BCUT2D eigenvalue weighted by Gasteiger charge is 2.32. The molecule has 0 aromatic heterocycles. The molecule has 24 heavy (non-hydrogen) atoms. The zero-order valence-corrected chi connectivity index (χ0v) is 13.8. The Balaban J connectivity index is 2.01. The van der Waals surface area contributed by atoms with Crippen molar-refractivity contribution in [1.82, 2.24) is 4.90 Å². The Morgan fingerprint density at radius 2 is 2.21 bits per heavy atom. The molecule has 2 atom stereocenters. The van der Waals surface area contributed by atoms with Crippen LogP contribution in [0.3, 0.4) is 0 Å². The molecule has 134 valence electrons. The van der Waals surface area contributed by atoms with E-state index in [9.17, 15) is 18.0 Å². The molecule has 1 heterocycles. The Kier molecular flexibility index (Phi) is 6.23. The fourth-order valence-electron chi connectivity index (χ4n) is 2.60. The molecule has 1 aliphatic rings. The van der Waals surface area contributed by atoms with Crippen molar-refractivity contribution >= 4 is 5.91 Å². The van der Waals surface area contributed by atoms with Crippen LogP contribution >= 0.6 is 0 Å². The van der Waals surface area contributed by atoms with Crippen LogP contribution in [0.2, 0.25) is 0 Å². The molecule has 2 rings (SSSR count). The lowest BCUT2D eigenvalue weighted by atomic mass is 10.0. The van der Waals surface area contributed by atoms with E-state index in [1.807, 2.05) is 6.92 Å². The predicted octanol–water partition coefficient (Wildman–Crippen LogP) is 3.42. The Hall–Kier alpha value is -1.60. The van der Waals surface area contributed by atoms with E-state index in [0.29, 0.717) is 31.6 Å². The van der Waals surface area contributed by atoms with Crippen LogP contribution < -0.4 is 0 Å². The summed E-state index contributed by atoms with van der Waals surface area (Å²) >= 11 is 0. The number of carbonyl (C=O) groups excluding carboxylic acids is 1. The number of hydrogen-bond acceptors (Lipinski definition) is 3. The number of morpholine rings is 1. The van der Waals surface area contributed by atoms with Gasteiger partial charge in [0.25, 0.3) is 0 Å². The van der Waals surface area contributed by atoms with Crippen molar-refractivity contribution in [2.75, 3.05) is 26.8 Å². The molecule has 1 aromatic carbocycles. The summed E-state index contributed by atoms with van der Waals surface area (Å²) in [6, 6.07) is 5.08. The van der Waals surface area contributed by atoms with E-state index >= 15 is 0 Å². The summed E-state index contributed by atoms with van der Waals surface area (Å²) in [5.74, 6) is -0.0285. The van der Waals surface area contributed by atoms with Gasteiger partial charge in [-0.05, 0) is 31.0 Å². The number of amides is 1. The number of halogens is 3. The van der Waals surface area contributed by atoms with Crippen LogP contribution in [0.5, 0.6) is 0 Å². The summed E-state index contributed by atoms with van der Waals surface area (Å²) < 4.78 is 49.2.